The van der Waals surface area contributed by atoms with Crippen LogP contribution in [0.15, 0.2) is 29.2 Å². The number of esters is 1. The number of hydrogen-bond acceptors (Lipinski definition) is 5. The maximum atomic E-state index is 12.7. The van der Waals surface area contributed by atoms with E-state index in [1.165, 1.54) is 28.6 Å². The number of carbonyl (C=O) groups excluding carboxylic acids is 2. The number of carbonyl (C=O) groups is 2. The van der Waals surface area contributed by atoms with Crippen LogP contribution in [0.1, 0.15) is 56.3 Å². The van der Waals surface area contributed by atoms with Gasteiger partial charge < -0.3 is 10.1 Å². The molecule has 0 radical (unpaired) electrons. The molecule has 1 saturated heterocycles. The number of nitrogens with one attached hydrogen (secondary N) is 1. The van der Waals surface area contributed by atoms with Gasteiger partial charge in [-0.3, -0.25) is 4.79 Å². The number of ether oxygens (including phenoxy) is 1. The summed E-state index contributed by atoms with van der Waals surface area (Å²) >= 11 is 0. The molecule has 1 fully saturated rings. The van der Waals surface area contributed by atoms with Crippen LogP contribution in [0.3, 0.4) is 0 Å². The maximum Gasteiger partial charge on any atom is 0.338 e. The molecule has 1 aliphatic rings. The largest absolute Gasteiger partial charge is 0.452 e. The van der Waals surface area contributed by atoms with E-state index in [1.807, 2.05) is 13.8 Å². The fourth-order valence-corrected chi connectivity index (χ4v) is 4.34. The molecule has 0 bridgehead atoms. The lowest BCUT2D eigenvalue weighted by Gasteiger charge is -2.20. The summed E-state index contributed by atoms with van der Waals surface area (Å²) in [6, 6.07) is 5.67. The Kier molecular flexibility index (Phi) is 7.79. The highest BCUT2D eigenvalue weighted by Gasteiger charge is 2.25. The molecule has 0 aliphatic carbocycles. The highest BCUT2D eigenvalue weighted by atomic mass is 32.2. The van der Waals surface area contributed by atoms with Crippen molar-refractivity contribution in [3.8, 4) is 0 Å². The molecule has 1 atom stereocenters. The zero-order valence-corrected chi connectivity index (χ0v) is 16.8. The minimum absolute atomic E-state index is 0.0136. The van der Waals surface area contributed by atoms with Gasteiger partial charge in [-0.1, -0.05) is 19.8 Å². The van der Waals surface area contributed by atoms with Crippen LogP contribution in [-0.2, 0) is 19.6 Å². The minimum Gasteiger partial charge on any atom is -0.452 e. The summed E-state index contributed by atoms with van der Waals surface area (Å²) in [5.74, 6) is -1.02. The molecule has 8 heteroatoms. The van der Waals surface area contributed by atoms with Gasteiger partial charge in [0, 0.05) is 19.1 Å². The van der Waals surface area contributed by atoms with E-state index in [2.05, 4.69) is 5.32 Å². The second kappa shape index (κ2) is 9.85. The van der Waals surface area contributed by atoms with Crippen LogP contribution in [0.4, 0.5) is 0 Å². The van der Waals surface area contributed by atoms with Crippen molar-refractivity contribution in [2.45, 2.75) is 56.9 Å². The molecule has 0 unspecified atom stereocenters. The van der Waals surface area contributed by atoms with Crippen molar-refractivity contribution in [2.24, 2.45) is 0 Å². The minimum atomic E-state index is -3.55. The number of amides is 1. The van der Waals surface area contributed by atoms with Crippen molar-refractivity contribution < 1.29 is 22.7 Å². The lowest BCUT2D eigenvalue weighted by atomic mass is 10.2. The van der Waals surface area contributed by atoms with Gasteiger partial charge in [0.2, 0.25) is 10.0 Å². The molecule has 150 valence electrons. The molecular formula is C19H28N2O5S. The first-order valence-electron chi connectivity index (χ1n) is 9.41. The first kappa shape index (κ1) is 21.4. The molecule has 7 nitrogen and oxygen atoms in total. The van der Waals surface area contributed by atoms with Crippen LogP contribution in [0.2, 0.25) is 0 Å². The average Bonchev–Trinajstić information content (AvgIpc) is 2.96. The number of nitrogens with zero attached hydrogens (tertiary/aromatic N) is 1. The fraction of sp³-hybridized carbons (Fsp3) is 0.579. The standard InChI is InChI=1S/C19H28N2O5S/c1-3-15(2)20-18(22)14-26-19(23)16-8-10-17(11-9-16)27(24,25)21-12-6-4-5-7-13-21/h8-11,15H,3-7,12-14H2,1-2H3,(H,20,22)/t15-/m1/s1. The van der Waals surface area contributed by atoms with Crippen molar-refractivity contribution in [1.82, 2.24) is 9.62 Å². The van der Waals surface area contributed by atoms with Crippen molar-refractivity contribution in [2.75, 3.05) is 19.7 Å². The lowest BCUT2D eigenvalue weighted by Crippen LogP contribution is -2.35. The number of sulfonamides is 1. The summed E-state index contributed by atoms with van der Waals surface area (Å²) < 4.78 is 31.9. The molecule has 27 heavy (non-hydrogen) atoms. The third-order valence-electron chi connectivity index (χ3n) is 4.65. The zero-order valence-electron chi connectivity index (χ0n) is 15.9. The monoisotopic (exact) mass is 396 g/mol. The highest BCUT2D eigenvalue weighted by Crippen LogP contribution is 2.20. The third kappa shape index (κ3) is 6.04. The molecule has 1 aromatic carbocycles. The molecule has 0 aromatic heterocycles. The van der Waals surface area contributed by atoms with Gasteiger partial charge >= 0.3 is 5.97 Å². The Balaban J connectivity index is 1.97. The van der Waals surface area contributed by atoms with E-state index in [9.17, 15) is 18.0 Å². The Morgan fingerprint density at radius 2 is 1.70 bits per heavy atom. The van der Waals surface area contributed by atoms with E-state index in [0.29, 0.717) is 13.1 Å². The number of rotatable bonds is 7. The second-order valence-corrected chi connectivity index (χ2v) is 8.73. The summed E-state index contributed by atoms with van der Waals surface area (Å²) in [5.41, 5.74) is 0.209. The second-order valence-electron chi connectivity index (χ2n) is 6.80. The van der Waals surface area contributed by atoms with Crippen LogP contribution >= 0.6 is 0 Å². The lowest BCUT2D eigenvalue weighted by molar-refractivity contribution is -0.124. The molecule has 1 aromatic rings. The van der Waals surface area contributed by atoms with Crippen LogP contribution < -0.4 is 5.32 Å². The van der Waals surface area contributed by atoms with E-state index in [4.69, 9.17) is 4.74 Å². The third-order valence-corrected chi connectivity index (χ3v) is 6.56. The van der Waals surface area contributed by atoms with Crippen LogP contribution in [-0.4, -0.2) is 50.3 Å². The van der Waals surface area contributed by atoms with Crippen LogP contribution in [0.5, 0.6) is 0 Å². The van der Waals surface area contributed by atoms with Crippen molar-refractivity contribution in [3.63, 3.8) is 0 Å². The van der Waals surface area contributed by atoms with E-state index in [0.717, 1.165) is 32.1 Å². The first-order valence-corrected chi connectivity index (χ1v) is 10.8. The molecule has 1 N–H and O–H groups in total. The van der Waals surface area contributed by atoms with Crippen LogP contribution in [0, 0.1) is 0 Å². The molecular weight excluding hydrogens is 368 g/mol. The summed E-state index contributed by atoms with van der Waals surface area (Å²) in [6.45, 7) is 4.49. The molecule has 0 saturated carbocycles. The van der Waals surface area contributed by atoms with Gasteiger partial charge in [0.1, 0.15) is 0 Å². The van der Waals surface area contributed by atoms with Crippen molar-refractivity contribution in [1.29, 1.82) is 0 Å². The molecule has 1 heterocycles. The van der Waals surface area contributed by atoms with Gasteiger partial charge in [0.25, 0.3) is 5.91 Å². The Bertz CT molecular complexity index is 738. The predicted octanol–water partition coefficient (Wildman–Crippen LogP) is 2.32. The Morgan fingerprint density at radius 1 is 1.11 bits per heavy atom. The predicted molar refractivity (Wildman–Crippen MR) is 102 cm³/mol. The SMILES string of the molecule is CC[C@@H](C)NC(=O)COC(=O)c1ccc(S(=O)(=O)N2CCCCCC2)cc1. The normalized spacial score (nSPS) is 17.0. The Hall–Kier alpha value is -1.93. The van der Waals surface area contributed by atoms with Gasteiger partial charge in [-0.2, -0.15) is 4.31 Å². The van der Waals surface area contributed by atoms with E-state index < -0.39 is 16.0 Å². The molecule has 2 rings (SSSR count). The first-order chi connectivity index (χ1) is 12.8. The maximum absolute atomic E-state index is 12.7. The van der Waals surface area contributed by atoms with Crippen molar-refractivity contribution >= 4 is 21.9 Å². The average molecular weight is 397 g/mol. The van der Waals surface area contributed by atoms with Gasteiger partial charge in [0.15, 0.2) is 6.61 Å². The number of benzene rings is 1. The summed E-state index contributed by atoms with van der Waals surface area (Å²) in [4.78, 5) is 23.9. The van der Waals surface area contributed by atoms with Crippen molar-refractivity contribution in [3.05, 3.63) is 29.8 Å². The summed E-state index contributed by atoms with van der Waals surface area (Å²) in [6.07, 6.45) is 4.60. The van der Waals surface area contributed by atoms with E-state index in [1.54, 1.807) is 0 Å². The van der Waals surface area contributed by atoms with Crippen LogP contribution in [0.25, 0.3) is 0 Å². The Morgan fingerprint density at radius 3 is 2.26 bits per heavy atom. The van der Waals surface area contributed by atoms with Gasteiger partial charge in [-0.05, 0) is 50.5 Å². The molecule has 1 amide bonds. The summed E-state index contributed by atoms with van der Waals surface area (Å²) in [5, 5.41) is 2.71. The van der Waals surface area contributed by atoms with Gasteiger partial charge in [-0.15, -0.1) is 0 Å². The quantitative estimate of drug-likeness (QED) is 0.714. The topological polar surface area (TPSA) is 92.8 Å². The fourth-order valence-electron chi connectivity index (χ4n) is 2.83. The van der Waals surface area contributed by atoms with Gasteiger partial charge in [0.05, 0.1) is 10.5 Å². The summed E-state index contributed by atoms with van der Waals surface area (Å²) in [7, 11) is -3.55. The van der Waals surface area contributed by atoms with Gasteiger partial charge in [-0.25, -0.2) is 13.2 Å². The van der Waals surface area contributed by atoms with E-state index in [-0.39, 0.29) is 29.0 Å². The molecule has 1 aliphatic heterocycles. The highest BCUT2D eigenvalue weighted by molar-refractivity contribution is 7.89. The number of hydrogen-bond donors (Lipinski definition) is 1. The van der Waals surface area contributed by atoms with E-state index >= 15 is 0 Å². The smallest absolute Gasteiger partial charge is 0.338 e. The Labute approximate surface area is 161 Å². The molecule has 0 spiro atoms. The zero-order chi connectivity index (χ0) is 19.9.